The van der Waals surface area contributed by atoms with Crippen molar-refractivity contribution in [2.45, 2.75) is 56.1 Å². The fourth-order valence-electron chi connectivity index (χ4n) is 4.11. The van der Waals surface area contributed by atoms with Gasteiger partial charge in [-0.25, -0.2) is 0 Å². The van der Waals surface area contributed by atoms with Crippen LogP contribution in [0.25, 0.3) is 11.1 Å². The molecular weight excluding hydrogens is 384 g/mol. The van der Waals surface area contributed by atoms with E-state index in [-0.39, 0.29) is 12.4 Å². The van der Waals surface area contributed by atoms with Crippen molar-refractivity contribution in [2.75, 3.05) is 6.67 Å². The highest BCUT2D eigenvalue weighted by Crippen LogP contribution is 2.36. The minimum absolute atomic E-state index is 0.186. The summed E-state index contributed by atoms with van der Waals surface area (Å²) in [4.78, 5) is 0. The third-order valence-electron chi connectivity index (χ3n) is 5.65. The molecule has 2 aromatic rings. The van der Waals surface area contributed by atoms with Crippen LogP contribution < -0.4 is 4.74 Å². The van der Waals surface area contributed by atoms with Crippen molar-refractivity contribution in [3.05, 3.63) is 54.1 Å². The zero-order valence-corrected chi connectivity index (χ0v) is 17.0. The summed E-state index contributed by atoms with van der Waals surface area (Å²) in [6.07, 6.45) is -0.430. The van der Waals surface area contributed by atoms with Gasteiger partial charge < -0.3 is 4.74 Å². The first-order valence-electron chi connectivity index (χ1n) is 9.97. The summed E-state index contributed by atoms with van der Waals surface area (Å²) in [5, 5.41) is 0. The number of alkyl halides is 4. The van der Waals surface area contributed by atoms with Crippen LogP contribution in [0.1, 0.15) is 37.2 Å². The van der Waals surface area contributed by atoms with Gasteiger partial charge in [0.1, 0.15) is 5.75 Å². The lowest BCUT2D eigenvalue weighted by Gasteiger charge is -2.28. The van der Waals surface area contributed by atoms with Crippen molar-refractivity contribution < 1.29 is 22.3 Å². The molecule has 0 saturated carbocycles. The smallest absolute Gasteiger partial charge is 0.406 e. The van der Waals surface area contributed by atoms with Crippen molar-refractivity contribution >= 4 is 8.80 Å². The first-order valence-corrected chi connectivity index (χ1v) is 12.4. The van der Waals surface area contributed by atoms with E-state index in [0.717, 1.165) is 24.0 Å². The van der Waals surface area contributed by atoms with Crippen LogP contribution in [0, 0.1) is 0 Å². The Morgan fingerprint density at radius 2 is 1.43 bits per heavy atom. The Kier molecular flexibility index (Phi) is 7.16. The first-order chi connectivity index (χ1) is 13.4. The largest absolute Gasteiger partial charge is 0.573 e. The third kappa shape index (κ3) is 6.09. The number of unbranched alkanes of at least 4 members (excludes halogenated alkanes) is 1. The summed E-state index contributed by atoms with van der Waals surface area (Å²) in [6.45, 7) is -0.186. The molecule has 2 aromatic carbocycles. The van der Waals surface area contributed by atoms with Gasteiger partial charge in [-0.3, -0.25) is 4.39 Å². The minimum Gasteiger partial charge on any atom is -0.406 e. The molecule has 0 aromatic heterocycles. The Labute approximate surface area is 165 Å². The molecule has 1 heterocycles. The second-order valence-electron chi connectivity index (χ2n) is 7.60. The van der Waals surface area contributed by atoms with E-state index >= 15 is 0 Å². The Morgan fingerprint density at radius 3 is 1.96 bits per heavy atom. The maximum absolute atomic E-state index is 12.3. The normalized spacial score (nSPS) is 20.1. The number of hydrogen-bond acceptors (Lipinski definition) is 1. The third-order valence-corrected chi connectivity index (χ3v) is 9.17. The number of halogens is 4. The van der Waals surface area contributed by atoms with E-state index in [2.05, 4.69) is 16.9 Å². The fourth-order valence-corrected chi connectivity index (χ4v) is 7.59. The fraction of sp³-hybridized carbons (Fsp3) is 0.455. The van der Waals surface area contributed by atoms with E-state index in [1.54, 1.807) is 12.1 Å². The quantitative estimate of drug-likeness (QED) is 0.269. The number of hydrogen-bond donors (Lipinski definition) is 0. The molecule has 1 aliphatic rings. The van der Waals surface area contributed by atoms with Crippen LogP contribution >= 0.6 is 0 Å². The minimum atomic E-state index is -4.67. The predicted octanol–water partition coefficient (Wildman–Crippen LogP) is 7.11. The van der Waals surface area contributed by atoms with Crippen molar-refractivity contribution in [1.82, 2.24) is 0 Å². The van der Waals surface area contributed by atoms with Crippen LogP contribution in [-0.2, 0) is 0 Å². The zero-order chi connectivity index (χ0) is 20.0. The van der Waals surface area contributed by atoms with Gasteiger partial charge >= 0.3 is 6.36 Å². The molecular formula is C22H26F4OSi. The molecule has 152 valence electrons. The number of rotatable bonds is 7. The topological polar surface area (TPSA) is 9.23 Å². The van der Waals surface area contributed by atoms with Gasteiger partial charge in [0.15, 0.2) is 0 Å². The average Bonchev–Trinajstić information content (AvgIpc) is 2.68. The van der Waals surface area contributed by atoms with Crippen molar-refractivity contribution in [2.24, 2.45) is 0 Å². The van der Waals surface area contributed by atoms with Crippen molar-refractivity contribution in [1.29, 1.82) is 0 Å². The highest BCUT2D eigenvalue weighted by molar-refractivity contribution is 6.59. The van der Waals surface area contributed by atoms with Crippen LogP contribution in [0.4, 0.5) is 17.6 Å². The molecule has 6 heteroatoms. The van der Waals surface area contributed by atoms with Crippen LogP contribution in [0.15, 0.2) is 48.5 Å². The number of ether oxygens (including phenoxy) is 1. The van der Waals surface area contributed by atoms with Gasteiger partial charge in [-0.2, -0.15) is 0 Å². The molecule has 0 N–H and O–H groups in total. The zero-order valence-electron chi connectivity index (χ0n) is 15.9. The average molecular weight is 411 g/mol. The highest BCUT2D eigenvalue weighted by atomic mass is 28.3. The Balaban J connectivity index is 1.55. The monoisotopic (exact) mass is 410 g/mol. The van der Waals surface area contributed by atoms with Gasteiger partial charge in [-0.1, -0.05) is 61.0 Å². The summed E-state index contributed by atoms with van der Waals surface area (Å²) >= 11 is 0. The van der Waals surface area contributed by atoms with Gasteiger partial charge in [-0.05, 0) is 54.0 Å². The van der Waals surface area contributed by atoms with Gasteiger partial charge in [-0.15, -0.1) is 13.2 Å². The molecule has 0 radical (unpaired) electrons. The SMILES string of the molecule is FCCCC[Si@H]1CC[C@H](c2ccc(-c3ccc(OC(F)(F)F)cc3)cc2)CC1. The lowest BCUT2D eigenvalue weighted by Crippen LogP contribution is -2.20. The van der Waals surface area contributed by atoms with Crippen molar-refractivity contribution in [3.63, 3.8) is 0 Å². The molecule has 1 aliphatic heterocycles. The summed E-state index contributed by atoms with van der Waals surface area (Å²) in [5.41, 5.74) is 3.19. The summed E-state index contributed by atoms with van der Waals surface area (Å²) in [7, 11) is -0.658. The van der Waals surface area contributed by atoms with E-state index in [4.69, 9.17) is 0 Å². The molecule has 1 fully saturated rings. The van der Waals surface area contributed by atoms with Crippen LogP contribution in [0.3, 0.4) is 0 Å². The second kappa shape index (κ2) is 9.59. The van der Waals surface area contributed by atoms with E-state index in [0.29, 0.717) is 5.92 Å². The highest BCUT2D eigenvalue weighted by Gasteiger charge is 2.31. The Bertz CT molecular complexity index is 720. The summed E-state index contributed by atoms with van der Waals surface area (Å²) in [6, 6.07) is 18.3. The molecule has 1 nitrogen and oxygen atoms in total. The Hall–Kier alpha value is -1.82. The maximum Gasteiger partial charge on any atom is 0.573 e. The molecule has 0 atom stereocenters. The van der Waals surface area contributed by atoms with Crippen molar-refractivity contribution in [3.8, 4) is 16.9 Å². The first kappa shape index (κ1) is 20.9. The summed E-state index contributed by atoms with van der Waals surface area (Å²) in [5.74, 6) is 0.391. The van der Waals surface area contributed by atoms with Crippen LogP contribution in [0.5, 0.6) is 5.75 Å². The van der Waals surface area contributed by atoms with E-state index in [9.17, 15) is 17.6 Å². The van der Waals surface area contributed by atoms with Crippen LogP contribution in [0.2, 0.25) is 18.1 Å². The molecule has 0 unspecified atom stereocenters. The lowest BCUT2D eigenvalue weighted by atomic mass is 9.92. The van der Waals surface area contributed by atoms with Crippen LogP contribution in [-0.4, -0.2) is 21.8 Å². The van der Waals surface area contributed by atoms with E-state index in [1.807, 2.05) is 12.1 Å². The van der Waals surface area contributed by atoms with Gasteiger partial charge in [0.25, 0.3) is 0 Å². The van der Waals surface area contributed by atoms with Gasteiger partial charge in [0, 0.05) is 8.80 Å². The molecule has 0 spiro atoms. The molecule has 3 rings (SSSR count). The molecule has 0 aliphatic carbocycles. The number of benzene rings is 2. The molecule has 28 heavy (non-hydrogen) atoms. The predicted molar refractivity (Wildman–Crippen MR) is 107 cm³/mol. The standard InChI is InChI=1S/C22H26F4OSi/c23-13-1-2-14-28-15-11-20(12-16-28)18-5-3-17(4-6-18)19-7-9-21(10-8-19)27-22(24,25)26/h3-10,20,28H,1-2,11-16H2/t20-,28-. The molecule has 1 saturated heterocycles. The van der Waals surface area contributed by atoms with Gasteiger partial charge in [0.05, 0.1) is 6.67 Å². The maximum atomic E-state index is 12.3. The van der Waals surface area contributed by atoms with E-state index in [1.165, 1.54) is 48.7 Å². The molecule has 0 bridgehead atoms. The second-order valence-corrected chi connectivity index (χ2v) is 11.1. The summed E-state index contributed by atoms with van der Waals surface area (Å²) < 4.78 is 52.9. The Morgan fingerprint density at radius 1 is 0.857 bits per heavy atom. The van der Waals surface area contributed by atoms with E-state index < -0.39 is 15.2 Å². The lowest BCUT2D eigenvalue weighted by molar-refractivity contribution is -0.274. The van der Waals surface area contributed by atoms with Gasteiger partial charge in [0.2, 0.25) is 0 Å². The molecule has 0 amide bonds.